The summed E-state index contributed by atoms with van der Waals surface area (Å²) in [5.74, 6) is -0.0961. The minimum atomic E-state index is -0.429. The number of carbonyl (C=O) groups is 2. The van der Waals surface area contributed by atoms with Crippen LogP contribution in [-0.2, 0) is 4.79 Å². The monoisotopic (exact) mass is 459 g/mol. The van der Waals surface area contributed by atoms with Crippen LogP contribution < -0.4 is 20.9 Å². The predicted molar refractivity (Wildman–Crippen MR) is 128 cm³/mol. The maximum absolute atomic E-state index is 12.2. The minimum absolute atomic E-state index is 0.0221. The number of carbonyl (C=O) groups excluding carboxylic acids is 2. The summed E-state index contributed by atoms with van der Waals surface area (Å²) in [6.07, 6.45) is 7.51. The lowest BCUT2D eigenvalue weighted by atomic mass is 10.2. The van der Waals surface area contributed by atoms with Gasteiger partial charge in [-0.3, -0.25) is 25.8 Å². The molecule has 2 aromatic carbocycles. The van der Waals surface area contributed by atoms with Gasteiger partial charge in [-0.05, 0) is 66.7 Å². The first-order chi connectivity index (χ1) is 15.0. The van der Waals surface area contributed by atoms with Crippen LogP contribution >= 0.6 is 23.8 Å². The Hall–Kier alpha value is -2.90. The van der Waals surface area contributed by atoms with Gasteiger partial charge in [-0.1, -0.05) is 49.9 Å². The van der Waals surface area contributed by atoms with Gasteiger partial charge >= 0.3 is 0 Å². The molecule has 164 valence electrons. The van der Waals surface area contributed by atoms with E-state index < -0.39 is 5.91 Å². The second-order valence-corrected chi connectivity index (χ2v) is 7.56. The van der Waals surface area contributed by atoms with Crippen LogP contribution in [-0.4, -0.2) is 23.5 Å². The number of unbranched alkanes of at least 4 members (excludes halogenated alkanes) is 3. The number of nitrogens with one attached hydrogen (secondary N) is 3. The molecular formula is C23H26ClN3O3S. The van der Waals surface area contributed by atoms with Gasteiger partial charge in [0.25, 0.3) is 5.91 Å². The van der Waals surface area contributed by atoms with E-state index in [1.54, 1.807) is 54.6 Å². The second-order valence-electron chi connectivity index (χ2n) is 6.72. The molecule has 0 aliphatic rings. The quantitative estimate of drug-likeness (QED) is 0.220. The number of ether oxygens (including phenoxy) is 1. The average molecular weight is 460 g/mol. The van der Waals surface area contributed by atoms with Crippen LogP contribution in [0, 0.1) is 0 Å². The highest BCUT2D eigenvalue weighted by molar-refractivity contribution is 7.80. The topological polar surface area (TPSA) is 79.5 Å². The first-order valence-electron chi connectivity index (χ1n) is 10.1. The van der Waals surface area contributed by atoms with Gasteiger partial charge in [-0.25, -0.2) is 0 Å². The lowest BCUT2D eigenvalue weighted by Gasteiger charge is -2.10. The lowest BCUT2D eigenvalue weighted by molar-refractivity contribution is -0.115. The molecule has 6 nitrogen and oxygen atoms in total. The molecule has 0 saturated carbocycles. The van der Waals surface area contributed by atoms with Crippen molar-refractivity contribution < 1.29 is 14.3 Å². The number of hydrogen-bond acceptors (Lipinski definition) is 4. The molecule has 31 heavy (non-hydrogen) atoms. The third-order valence-corrected chi connectivity index (χ3v) is 4.66. The van der Waals surface area contributed by atoms with E-state index in [1.165, 1.54) is 18.9 Å². The van der Waals surface area contributed by atoms with Gasteiger partial charge in [-0.15, -0.1) is 0 Å². The third kappa shape index (κ3) is 9.63. The Morgan fingerprint density at radius 1 is 1.00 bits per heavy atom. The van der Waals surface area contributed by atoms with Crippen LogP contribution in [0.15, 0.2) is 54.6 Å². The van der Waals surface area contributed by atoms with Crippen LogP contribution in [0.25, 0.3) is 6.08 Å². The van der Waals surface area contributed by atoms with Gasteiger partial charge in [0.15, 0.2) is 5.11 Å². The Kier molecular flexibility index (Phi) is 10.5. The molecular weight excluding hydrogens is 434 g/mol. The van der Waals surface area contributed by atoms with E-state index in [0.717, 1.165) is 24.2 Å². The number of thiocarbonyl (C=S) groups is 1. The summed E-state index contributed by atoms with van der Waals surface area (Å²) in [4.78, 5) is 24.1. The fourth-order valence-corrected chi connectivity index (χ4v) is 2.82. The van der Waals surface area contributed by atoms with Gasteiger partial charge < -0.3 is 4.74 Å². The Labute approximate surface area is 193 Å². The van der Waals surface area contributed by atoms with Crippen molar-refractivity contribution in [1.29, 1.82) is 0 Å². The van der Waals surface area contributed by atoms with Crippen LogP contribution in [0.1, 0.15) is 48.5 Å². The summed E-state index contributed by atoms with van der Waals surface area (Å²) < 4.78 is 5.66. The lowest BCUT2D eigenvalue weighted by Crippen LogP contribution is -2.48. The fraction of sp³-hybridized carbons (Fsp3) is 0.261. The zero-order valence-corrected chi connectivity index (χ0v) is 18.9. The Balaban J connectivity index is 1.71. The summed E-state index contributed by atoms with van der Waals surface area (Å²) in [7, 11) is 0. The highest BCUT2D eigenvalue weighted by Gasteiger charge is 2.07. The van der Waals surface area contributed by atoms with E-state index in [1.807, 2.05) is 0 Å². The minimum Gasteiger partial charge on any atom is -0.494 e. The smallest absolute Gasteiger partial charge is 0.269 e. The molecule has 2 amide bonds. The molecule has 8 heteroatoms. The number of hydrazine groups is 1. The molecule has 0 aliphatic heterocycles. The molecule has 2 aromatic rings. The van der Waals surface area contributed by atoms with E-state index in [9.17, 15) is 9.59 Å². The van der Waals surface area contributed by atoms with Crippen molar-refractivity contribution >= 4 is 46.8 Å². The maximum Gasteiger partial charge on any atom is 0.269 e. The van der Waals surface area contributed by atoms with Crippen LogP contribution in [0.3, 0.4) is 0 Å². The van der Waals surface area contributed by atoms with Gasteiger partial charge in [0.2, 0.25) is 5.91 Å². The average Bonchev–Trinajstić information content (AvgIpc) is 2.77. The number of amides is 2. The van der Waals surface area contributed by atoms with Crippen molar-refractivity contribution in [1.82, 2.24) is 16.2 Å². The fourth-order valence-electron chi connectivity index (χ4n) is 2.54. The third-order valence-electron chi connectivity index (χ3n) is 4.21. The maximum atomic E-state index is 12.2. The van der Waals surface area contributed by atoms with E-state index in [-0.39, 0.29) is 11.0 Å². The molecule has 0 spiro atoms. The van der Waals surface area contributed by atoms with Crippen LogP contribution in [0.4, 0.5) is 0 Å². The molecule has 0 aromatic heterocycles. The largest absolute Gasteiger partial charge is 0.494 e. The normalized spacial score (nSPS) is 10.5. The molecule has 2 rings (SSSR count). The number of halogens is 1. The van der Waals surface area contributed by atoms with Gasteiger partial charge in [-0.2, -0.15) is 0 Å². The standard InChI is InChI=1S/C23H26ClN3O3S/c1-2-3-4-5-16-30-20-13-9-18(10-14-20)22(29)26-27-23(31)25-21(28)15-8-17-6-11-19(24)12-7-17/h6-15H,2-5,16H2,1H3,(H,26,29)(H2,25,27,28,31)/b15-8+. The number of hydrogen-bond donors (Lipinski definition) is 3. The molecule has 0 bridgehead atoms. The molecule has 0 fully saturated rings. The van der Waals surface area contributed by atoms with Crippen molar-refractivity contribution in [2.45, 2.75) is 32.6 Å². The first kappa shape index (κ1) is 24.4. The summed E-state index contributed by atoms with van der Waals surface area (Å²) in [6, 6.07) is 13.8. The van der Waals surface area contributed by atoms with Crippen LogP contribution in [0.5, 0.6) is 5.75 Å². The molecule has 0 saturated heterocycles. The highest BCUT2D eigenvalue weighted by Crippen LogP contribution is 2.13. The van der Waals surface area contributed by atoms with E-state index in [0.29, 0.717) is 17.2 Å². The first-order valence-corrected chi connectivity index (χ1v) is 10.8. The highest BCUT2D eigenvalue weighted by atomic mass is 35.5. The molecule has 0 unspecified atom stereocenters. The van der Waals surface area contributed by atoms with Crippen molar-refractivity contribution in [3.63, 3.8) is 0 Å². The van der Waals surface area contributed by atoms with Gasteiger partial charge in [0.1, 0.15) is 5.75 Å². The Morgan fingerprint density at radius 3 is 2.39 bits per heavy atom. The number of rotatable bonds is 9. The van der Waals surface area contributed by atoms with Crippen LogP contribution in [0.2, 0.25) is 5.02 Å². The van der Waals surface area contributed by atoms with Crippen molar-refractivity contribution in [3.05, 3.63) is 70.8 Å². The molecule has 3 N–H and O–H groups in total. The van der Waals surface area contributed by atoms with E-state index >= 15 is 0 Å². The molecule has 0 heterocycles. The summed E-state index contributed by atoms with van der Waals surface area (Å²) in [6.45, 7) is 2.83. The van der Waals surface area contributed by atoms with Gasteiger partial charge in [0, 0.05) is 16.7 Å². The molecule has 0 radical (unpaired) electrons. The zero-order valence-electron chi connectivity index (χ0n) is 17.3. The van der Waals surface area contributed by atoms with Crippen molar-refractivity contribution in [3.8, 4) is 5.75 Å². The number of benzene rings is 2. The van der Waals surface area contributed by atoms with Crippen molar-refractivity contribution in [2.75, 3.05) is 6.61 Å². The zero-order chi connectivity index (χ0) is 22.5. The predicted octanol–water partition coefficient (Wildman–Crippen LogP) is 4.65. The second kappa shape index (κ2) is 13.4. The van der Waals surface area contributed by atoms with Crippen molar-refractivity contribution in [2.24, 2.45) is 0 Å². The summed E-state index contributed by atoms with van der Waals surface area (Å²) in [5.41, 5.74) is 6.20. The van der Waals surface area contributed by atoms with Gasteiger partial charge in [0.05, 0.1) is 6.61 Å². The SMILES string of the molecule is CCCCCCOc1ccc(C(=O)NNC(=S)NC(=O)/C=C/c2ccc(Cl)cc2)cc1. The van der Waals surface area contributed by atoms with E-state index in [4.69, 9.17) is 28.6 Å². The molecule has 0 aliphatic carbocycles. The summed E-state index contributed by atoms with van der Waals surface area (Å²) >= 11 is 10.8. The Morgan fingerprint density at radius 2 is 1.71 bits per heavy atom. The van der Waals surface area contributed by atoms with E-state index in [2.05, 4.69) is 23.1 Å². The summed E-state index contributed by atoms with van der Waals surface area (Å²) in [5, 5.41) is 3.04. The molecule has 0 atom stereocenters. The Bertz CT molecular complexity index is 899.